The average molecular weight is 219 g/mol. The maximum atomic E-state index is 3.57. The van der Waals surface area contributed by atoms with E-state index in [4.69, 9.17) is 0 Å². The minimum absolute atomic E-state index is 0.427. The second-order valence-corrected chi connectivity index (χ2v) is 4.36. The van der Waals surface area contributed by atoms with E-state index in [-0.39, 0.29) is 0 Å². The number of hydrogen-bond acceptors (Lipinski definition) is 3. The molecule has 1 saturated heterocycles. The average Bonchev–Trinajstić information content (AvgIpc) is 2.38. The first-order chi connectivity index (χ1) is 7.86. The lowest BCUT2D eigenvalue weighted by Gasteiger charge is -2.28. The number of rotatable bonds is 4. The lowest BCUT2D eigenvalue weighted by molar-refractivity contribution is 0.215. The summed E-state index contributed by atoms with van der Waals surface area (Å²) < 4.78 is 0. The van der Waals surface area contributed by atoms with Crippen molar-refractivity contribution in [2.75, 3.05) is 32.8 Å². The Morgan fingerprint density at radius 1 is 1.25 bits per heavy atom. The lowest BCUT2D eigenvalue weighted by Crippen LogP contribution is -2.47. The van der Waals surface area contributed by atoms with Crippen molar-refractivity contribution in [2.24, 2.45) is 0 Å². The van der Waals surface area contributed by atoms with Crippen LogP contribution in [0.4, 0.5) is 0 Å². The summed E-state index contributed by atoms with van der Waals surface area (Å²) in [5.41, 5.74) is 1.36. The minimum atomic E-state index is 0.427. The van der Waals surface area contributed by atoms with Crippen molar-refractivity contribution in [2.45, 2.75) is 13.0 Å². The van der Waals surface area contributed by atoms with Gasteiger partial charge in [-0.2, -0.15) is 0 Å². The Bertz CT molecular complexity index is 293. The molecule has 3 nitrogen and oxygen atoms in total. The van der Waals surface area contributed by atoms with Gasteiger partial charge in [-0.3, -0.25) is 10.2 Å². The van der Waals surface area contributed by atoms with Crippen LogP contribution in [0.2, 0.25) is 0 Å². The molecule has 0 amide bonds. The predicted molar refractivity (Wildman–Crippen MR) is 67.3 cm³/mol. The topological polar surface area (TPSA) is 27.3 Å². The molecule has 2 N–H and O–H groups in total. The van der Waals surface area contributed by atoms with Crippen molar-refractivity contribution in [3.8, 4) is 0 Å². The standard InChI is InChI=1S/C13H21N3/c1-12(13-5-3-2-4-6-13)15-11-16-9-7-14-8-10-16/h2-6,12,14-15H,7-11H2,1H3. The van der Waals surface area contributed by atoms with Gasteiger partial charge in [-0.1, -0.05) is 30.3 Å². The van der Waals surface area contributed by atoms with E-state index in [1.807, 2.05) is 0 Å². The fraction of sp³-hybridized carbons (Fsp3) is 0.538. The molecular formula is C13H21N3. The molecular weight excluding hydrogens is 198 g/mol. The highest BCUT2D eigenvalue weighted by molar-refractivity contribution is 5.17. The third-order valence-corrected chi connectivity index (χ3v) is 3.13. The smallest absolute Gasteiger partial charge is 0.0486 e. The molecule has 88 valence electrons. The van der Waals surface area contributed by atoms with Crippen molar-refractivity contribution >= 4 is 0 Å². The molecule has 0 aromatic heterocycles. The normalized spacial score (nSPS) is 19.6. The molecule has 2 rings (SSSR count). The lowest BCUT2D eigenvalue weighted by atomic mass is 10.1. The van der Waals surface area contributed by atoms with Gasteiger partial charge in [0, 0.05) is 38.9 Å². The molecule has 0 bridgehead atoms. The van der Waals surface area contributed by atoms with E-state index >= 15 is 0 Å². The molecule has 0 radical (unpaired) electrons. The Hall–Kier alpha value is -0.900. The Kier molecular flexibility index (Phi) is 4.34. The zero-order chi connectivity index (χ0) is 11.2. The monoisotopic (exact) mass is 219 g/mol. The van der Waals surface area contributed by atoms with Crippen molar-refractivity contribution < 1.29 is 0 Å². The molecule has 1 aromatic rings. The summed E-state index contributed by atoms with van der Waals surface area (Å²) in [6, 6.07) is 11.0. The summed E-state index contributed by atoms with van der Waals surface area (Å²) in [5, 5.41) is 6.93. The first-order valence-electron chi connectivity index (χ1n) is 6.07. The van der Waals surface area contributed by atoms with E-state index in [0.717, 1.165) is 32.8 Å². The summed E-state index contributed by atoms with van der Waals surface area (Å²) in [6.07, 6.45) is 0. The number of nitrogens with one attached hydrogen (secondary N) is 2. The predicted octanol–water partition coefficient (Wildman–Crippen LogP) is 1.20. The number of hydrogen-bond donors (Lipinski definition) is 2. The van der Waals surface area contributed by atoms with Gasteiger partial charge in [-0.25, -0.2) is 0 Å². The highest BCUT2D eigenvalue weighted by Crippen LogP contribution is 2.10. The maximum Gasteiger partial charge on any atom is 0.0486 e. The maximum absolute atomic E-state index is 3.57. The molecule has 0 aliphatic carbocycles. The van der Waals surface area contributed by atoms with E-state index in [1.54, 1.807) is 0 Å². The SMILES string of the molecule is CC(NCN1CCNCC1)c1ccccc1. The van der Waals surface area contributed by atoms with Crippen molar-refractivity contribution in [3.63, 3.8) is 0 Å². The Morgan fingerprint density at radius 2 is 1.94 bits per heavy atom. The second kappa shape index (κ2) is 5.99. The van der Waals surface area contributed by atoms with Crippen molar-refractivity contribution in [1.29, 1.82) is 0 Å². The highest BCUT2D eigenvalue weighted by Gasteiger charge is 2.10. The first kappa shape index (κ1) is 11.6. The minimum Gasteiger partial charge on any atom is -0.314 e. The quantitative estimate of drug-likeness (QED) is 0.797. The fourth-order valence-corrected chi connectivity index (χ4v) is 1.99. The highest BCUT2D eigenvalue weighted by atomic mass is 15.3. The fourth-order valence-electron chi connectivity index (χ4n) is 1.99. The van der Waals surface area contributed by atoms with Gasteiger partial charge in [0.2, 0.25) is 0 Å². The molecule has 1 fully saturated rings. The van der Waals surface area contributed by atoms with Crippen LogP contribution < -0.4 is 10.6 Å². The molecule has 1 unspecified atom stereocenters. The third-order valence-electron chi connectivity index (χ3n) is 3.13. The van der Waals surface area contributed by atoms with E-state index in [1.165, 1.54) is 5.56 Å². The molecule has 1 heterocycles. The van der Waals surface area contributed by atoms with Gasteiger partial charge < -0.3 is 5.32 Å². The molecule has 3 heteroatoms. The van der Waals surface area contributed by atoms with Crippen LogP contribution in [0.15, 0.2) is 30.3 Å². The number of benzene rings is 1. The molecule has 0 saturated carbocycles. The van der Waals surface area contributed by atoms with Crippen LogP contribution in [0.1, 0.15) is 18.5 Å². The summed E-state index contributed by atoms with van der Waals surface area (Å²) in [4.78, 5) is 2.45. The third kappa shape index (κ3) is 3.30. The van der Waals surface area contributed by atoms with Gasteiger partial charge >= 0.3 is 0 Å². The molecule has 1 aliphatic heterocycles. The van der Waals surface area contributed by atoms with Crippen molar-refractivity contribution in [1.82, 2.24) is 15.5 Å². The van der Waals surface area contributed by atoms with Gasteiger partial charge in [0.15, 0.2) is 0 Å². The summed E-state index contributed by atoms with van der Waals surface area (Å²) in [5.74, 6) is 0. The van der Waals surface area contributed by atoms with E-state index in [9.17, 15) is 0 Å². The largest absolute Gasteiger partial charge is 0.314 e. The Balaban J connectivity index is 1.77. The molecule has 0 spiro atoms. The van der Waals surface area contributed by atoms with Crippen LogP contribution in [0.3, 0.4) is 0 Å². The van der Waals surface area contributed by atoms with Crippen LogP contribution >= 0.6 is 0 Å². The van der Waals surface area contributed by atoms with E-state index < -0.39 is 0 Å². The number of piperazine rings is 1. The Labute approximate surface area is 97.8 Å². The van der Waals surface area contributed by atoms with E-state index in [2.05, 4.69) is 52.8 Å². The summed E-state index contributed by atoms with van der Waals surface area (Å²) in [6.45, 7) is 7.72. The van der Waals surface area contributed by atoms with Crippen molar-refractivity contribution in [3.05, 3.63) is 35.9 Å². The summed E-state index contributed by atoms with van der Waals surface area (Å²) in [7, 11) is 0. The molecule has 16 heavy (non-hydrogen) atoms. The zero-order valence-electron chi connectivity index (χ0n) is 9.95. The van der Waals surface area contributed by atoms with Crippen LogP contribution in [-0.2, 0) is 0 Å². The van der Waals surface area contributed by atoms with Crippen LogP contribution in [0.5, 0.6) is 0 Å². The molecule has 1 aliphatic rings. The van der Waals surface area contributed by atoms with Crippen LogP contribution in [-0.4, -0.2) is 37.7 Å². The van der Waals surface area contributed by atoms with E-state index in [0.29, 0.717) is 6.04 Å². The number of nitrogens with zero attached hydrogens (tertiary/aromatic N) is 1. The molecule has 1 atom stereocenters. The van der Waals surface area contributed by atoms with Gasteiger partial charge in [-0.15, -0.1) is 0 Å². The van der Waals surface area contributed by atoms with Crippen LogP contribution in [0, 0.1) is 0 Å². The Morgan fingerprint density at radius 3 is 2.62 bits per heavy atom. The van der Waals surface area contributed by atoms with Crippen LogP contribution in [0.25, 0.3) is 0 Å². The summed E-state index contributed by atoms with van der Waals surface area (Å²) >= 11 is 0. The zero-order valence-corrected chi connectivity index (χ0v) is 9.95. The van der Waals surface area contributed by atoms with Gasteiger partial charge in [0.1, 0.15) is 0 Å². The van der Waals surface area contributed by atoms with Gasteiger partial charge in [0.05, 0.1) is 0 Å². The van der Waals surface area contributed by atoms with Gasteiger partial charge in [-0.05, 0) is 12.5 Å². The second-order valence-electron chi connectivity index (χ2n) is 4.36. The molecule has 1 aromatic carbocycles. The van der Waals surface area contributed by atoms with Gasteiger partial charge in [0.25, 0.3) is 0 Å². The first-order valence-corrected chi connectivity index (χ1v) is 6.07.